The number of aromatic nitrogens is 2. The molecular formula is C23H18FN3O2. The number of amides is 1. The van der Waals surface area contributed by atoms with E-state index in [0.29, 0.717) is 17.0 Å². The van der Waals surface area contributed by atoms with Crippen LogP contribution in [0.15, 0.2) is 78.9 Å². The number of hydrogen-bond acceptors (Lipinski definition) is 3. The van der Waals surface area contributed by atoms with Crippen LogP contribution in [-0.4, -0.2) is 22.8 Å². The summed E-state index contributed by atoms with van der Waals surface area (Å²) in [5.41, 5.74) is 9.63. The summed E-state index contributed by atoms with van der Waals surface area (Å²) in [7, 11) is 1.60. The Morgan fingerprint density at radius 1 is 0.966 bits per heavy atom. The molecule has 0 saturated heterocycles. The predicted molar refractivity (Wildman–Crippen MR) is 109 cm³/mol. The fourth-order valence-electron chi connectivity index (χ4n) is 3.14. The van der Waals surface area contributed by atoms with Crippen molar-refractivity contribution in [2.45, 2.75) is 0 Å². The van der Waals surface area contributed by atoms with Gasteiger partial charge in [-0.2, -0.15) is 5.10 Å². The van der Waals surface area contributed by atoms with Gasteiger partial charge in [-0.05, 0) is 54.6 Å². The molecule has 0 fully saturated rings. The summed E-state index contributed by atoms with van der Waals surface area (Å²) in [4.78, 5) is 11.3. The SMILES string of the molecule is COc1ccccc1-n1nc(-c2ccc(C(N)=O)cc2)cc1-c1ccc(F)cc1. The van der Waals surface area contributed by atoms with Crippen LogP contribution in [0.2, 0.25) is 0 Å². The second-order valence-electron chi connectivity index (χ2n) is 6.45. The molecule has 1 aromatic heterocycles. The van der Waals surface area contributed by atoms with Gasteiger partial charge in [0.15, 0.2) is 0 Å². The zero-order valence-corrected chi connectivity index (χ0v) is 15.7. The van der Waals surface area contributed by atoms with Crippen molar-refractivity contribution in [3.63, 3.8) is 0 Å². The maximum atomic E-state index is 13.4. The summed E-state index contributed by atoms with van der Waals surface area (Å²) in [6.07, 6.45) is 0. The van der Waals surface area contributed by atoms with Gasteiger partial charge in [0.25, 0.3) is 0 Å². The van der Waals surface area contributed by atoms with E-state index in [0.717, 1.165) is 22.5 Å². The summed E-state index contributed by atoms with van der Waals surface area (Å²) >= 11 is 0. The second-order valence-corrected chi connectivity index (χ2v) is 6.45. The van der Waals surface area contributed by atoms with E-state index >= 15 is 0 Å². The predicted octanol–water partition coefficient (Wildman–Crippen LogP) is 4.45. The molecule has 0 saturated carbocycles. The molecular weight excluding hydrogens is 369 g/mol. The molecule has 0 aliphatic rings. The van der Waals surface area contributed by atoms with Crippen molar-refractivity contribution >= 4 is 5.91 Å². The third-order valence-corrected chi connectivity index (χ3v) is 4.63. The van der Waals surface area contributed by atoms with Crippen molar-refractivity contribution in [2.24, 2.45) is 5.73 Å². The highest BCUT2D eigenvalue weighted by molar-refractivity contribution is 5.93. The first-order valence-electron chi connectivity index (χ1n) is 8.96. The van der Waals surface area contributed by atoms with Crippen molar-refractivity contribution < 1.29 is 13.9 Å². The van der Waals surface area contributed by atoms with Gasteiger partial charge in [0.1, 0.15) is 17.3 Å². The van der Waals surface area contributed by atoms with Gasteiger partial charge in [-0.3, -0.25) is 4.79 Å². The van der Waals surface area contributed by atoms with Crippen LogP contribution in [-0.2, 0) is 0 Å². The number of nitrogens with zero attached hydrogens (tertiary/aromatic N) is 2. The Hall–Kier alpha value is -3.93. The maximum absolute atomic E-state index is 13.4. The number of para-hydroxylation sites is 2. The Morgan fingerprint density at radius 2 is 1.62 bits per heavy atom. The summed E-state index contributed by atoms with van der Waals surface area (Å²) in [5.74, 6) is -0.128. The molecule has 0 unspecified atom stereocenters. The number of primary amides is 1. The zero-order chi connectivity index (χ0) is 20.4. The third kappa shape index (κ3) is 3.60. The lowest BCUT2D eigenvalue weighted by molar-refractivity contribution is 0.100. The molecule has 0 atom stereocenters. The number of carbonyl (C=O) groups excluding carboxylic acids is 1. The molecule has 4 rings (SSSR count). The van der Waals surface area contributed by atoms with Crippen molar-refractivity contribution in [3.05, 3.63) is 90.2 Å². The van der Waals surface area contributed by atoms with Gasteiger partial charge in [0.2, 0.25) is 5.91 Å². The van der Waals surface area contributed by atoms with Crippen LogP contribution in [0, 0.1) is 5.82 Å². The number of nitrogens with two attached hydrogens (primary N) is 1. The number of halogens is 1. The highest BCUT2D eigenvalue weighted by Crippen LogP contribution is 2.32. The highest BCUT2D eigenvalue weighted by atomic mass is 19.1. The Morgan fingerprint density at radius 3 is 2.28 bits per heavy atom. The quantitative estimate of drug-likeness (QED) is 0.550. The maximum Gasteiger partial charge on any atom is 0.248 e. The van der Waals surface area contributed by atoms with Crippen LogP contribution in [0.25, 0.3) is 28.2 Å². The molecule has 2 N–H and O–H groups in total. The molecule has 29 heavy (non-hydrogen) atoms. The van der Waals surface area contributed by atoms with Crippen LogP contribution in [0.3, 0.4) is 0 Å². The van der Waals surface area contributed by atoms with Crippen molar-refractivity contribution in [3.8, 4) is 34.0 Å². The molecule has 1 amide bonds. The van der Waals surface area contributed by atoms with Crippen molar-refractivity contribution in [1.29, 1.82) is 0 Å². The molecule has 5 nitrogen and oxygen atoms in total. The van der Waals surface area contributed by atoms with Crippen molar-refractivity contribution in [1.82, 2.24) is 9.78 Å². The fourth-order valence-corrected chi connectivity index (χ4v) is 3.14. The molecule has 6 heteroatoms. The van der Waals surface area contributed by atoms with Gasteiger partial charge >= 0.3 is 0 Å². The number of rotatable bonds is 5. The molecule has 0 aliphatic carbocycles. The number of methoxy groups -OCH3 is 1. The smallest absolute Gasteiger partial charge is 0.248 e. The second kappa shape index (κ2) is 7.59. The highest BCUT2D eigenvalue weighted by Gasteiger charge is 2.16. The Labute approximate surface area is 167 Å². The minimum absolute atomic E-state index is 0.306. The number of hydrogen-bond donors (Lipinski definition) is 1. The van der Waals surface area contributed by atoms with E-state index in [9.17, 15) is 9.18 Å². The summed E-state index contributed by atoms with van der Waals surface area (Å²) in [6, 6.07) is 22.6. The van der Waals surface area contributed by atoms with Crippen LogP contribution in [0.4, 0.5) is 4.39 Å². The Bertz CT molecular complexity index is 1170. The summed E-state index contributed by atoms with van der Waals surface area (Å²) in [5, 5.41) is 4.76. The normalized spacial score (nSPS) is 10.7. The van der Waals surface area contributed by atoms with E-state index in [1.54, 1.807) is 48.2 Å². The lowest BCUT2D eigenvalue weighted by Gasteiger charge is -2.11. The Balaban J connectivity index is 1.89. The molecule has 0 aliphatic heterocycles. The van der Waals surface area contributed by atoms with Crippen molar-refractivity contribution in [2.75, 3.05) is 7.11 Å². The largest absolute Gasteiger partial charge is 0.494 e. The molecule has 3 aromatic carbocycles. The van der Waals surface area contributed by atoms with Crippen LogP contribution < -0.4 is 10.5 Å². The number of carbonyl (C=O) groups is 1. The van der Waals surface area contributed by atoms with Gasteiger partial charge in [-0.25, -0.2) is 9.07 Å². The average Bonchev–Trinajstić information content (AvgIpc) is 3.19. The minimum atomic E-state index is -0.483. The van der Waals surface area contributed by atoms with Gasteiger partial charge < -0.3 is 10.5 Å². The first-order valence-corrected chi connectivity index (χ1v) is 8.96. The molecule has 1 heterocycles. The standard InChI is InChI=1S/C23H18FN3O2/c1-29-22-5-3-2-4-20(22)27-21(16-10-12-18(24)13-11-16)14-19(26-27)15-6-8-17(9-7-15)23(25)28/h2-14H,1H3,(H2,25,28). The van der Waals surface area contributed by atoms with Gasteiger partial charge in [0, 0.05) is 16.7 Å². The van der Waals surface area contributed by atoms with Crippen LogP contribution in [0.1, 0.15) is 10.4 Å². The summed E-state index contributed by atoms with van der Waals surface area (Å²) < 4.78 is 20.7. The van der Waals surface area contributed by atoms with E-state index in [1.807, 2.05) is 30.3 Å². The Kier molecular flexibility index (Phi) is 4.83. The lowest BCUT2D eigenvalue weighted by atomic mass is 10.1. The zero-order valence-electron chi connectivity index (χ0n) is 15.7. The van der Waals surface area contributed by atoms with Gasteiger partial charge in [-0.15, -0.1) is 0 Å². The molecule has 0 bridgehead atoms. The number of benzene rings is 3. The lowest BCUT2D eigenvalue weighted by Crippen LogP contribution is -2.10. The first-order chi connectivity index (χ1) is 14.1. The van der Waals surface area contributed by atoms with E-state index in [-0.39, 0.29) is 5.82 Å². The molecule has 0 spiro atoms. The van der Waals surface area contributed by atoms with Crippen LogP contribution in [0.5, 0.6) is 5.75 Å². The first kappa shape index (κ1) is 18.4. The van der Waals surface area contributed by atoms with Gasteiger partial charge in [-0.1, -0.05) is 24.3 Å². The average molecular weight is 387 g/mol. The third-order valence-electron chi connectivity index (χ3n) is 4.63. The minimum Gasteiger partial charge on any atom is -0.494 e. The fraction of sp³-hybridized carbons (Fsp3) is 0.0435. The molecule has 0 radical (unpaired) electrons. The molecule has 4 aromatic rings. The number of ether oxygens (including phenoxy) is 1. The topological polar surface area (TPSA) is 70.1 Å². The van der Waals surface area contributed by atoms with E-state index < -0.39 is 5.91 Å². The van der Waals surface area contributed by atoms with Crippen LogP contribution >= 0.6 is 0 Å². The summed E-state index contributed by atoms with van der Waals surface area (Å²) in [6.45, 7) is 0. The van der Waals surface area contributed by atoms with E-state index in [2.05, 4.69) is 0 Å². The van der Waals surface area contributed by atoms with E-state index in [4.69, 9.17) is 15.6 Å². The van der Waals surface area contributed by atoms with E-state index in [1.165, 1.54) is 12.1 Å². The van der Waals surface area contributed by atoms with Gasteiger partial charge in [0.05, 0.1) is 18.5 Å². The molecule has 144 valence electrons. The monoisotopic (exact) mass is 387 g/mol.